The molecule has 0 spiro atoms. The number of fused-ring (bicyclic) bond motifs is 1. The smallest absolute Gasteiger partial charge is 0.234 e. The fourth-order valence-corrected chi connectivity index (χ4v) is 4.57. The van der Waals surface area contributed by atoms with Crippen LogP contribution in [-0.2, 0) is 6.61 Å². The molecule has 29 heavy (non-hydrogen) atoms. The summed E-state index contributed by atoms with van der Waals surface area (Å²) >= 11 is 1.57. The zero-order chi connectivity index (χ0) is 19.6. The van der Waals surface area contributed by atoms with Gasteiger partial charge in [-0.3, -0.25) is 0 Å². The van der Waals surface area contributed by atoms with Crippen molar-refractivity contribution in [3.8, 4) is 16.3 Å². The van der Waals surface area contributed by atoms with E-state index in [1.54, 1.807) is 11.3 Å². The predicted molar refractivity (Wildman–Crippen MR) is 114 cm³/mol. The molecule has 0 radical (unpaired) electrons. The number of piperidine rings is 1. The third-order valence-electron chi connectivity index (χ3n) is 5.43. The summed E-state index contributed by atoms with van der Waals surface area (Å²) in [5, 5.41) is 14.6. The quantitative estimate of drug-likeness (QED) is 0.497. The molecule has 4 aromatic rings. The molecular formula is C22H23N5OS. The Balaban J connectivity index is 1.37. The van der Waals surface area contributed by atoms with E-state index in [9.17, 15) is 0 Å². The first-order valence-electron chi connectivity index (χ1n) is 9.94. The van der Waals surface area contributed by atoms with E-state index in [0.717, 1.165) is 58.6 Å². The van der Waals surface area contributed by atoms with Crippen molar-refractivity contribution < 1.29 is 4.74 Å². The van der Waals surface area contributed by atoms with E-state index in [4.69, 9.17) is 9.84 Å². The molecule has 0 atom stereocenters. The fraction of sp³-hybridized carbons (Fsp3) is 0.318. The molecule has 1 fully saturated rings. The van der Waals surface area contributed by atoms with Crippen LogP contribution in [0.15, 0.2) is 54.6 Å². The van der Waals surface area contributed by atoms with E-state index >= 15 is 0 Å². The molecule has 6 nitrogen and oxygen atoms in total. The van der Waals surface area contributed by atoms with Crippen LogP contribution in [0.5, 0.6) is 5.75 Å². The Morgan fingerprint density at radius 1 is 1.03 bits per heavy atom. The molecule has 0 saturated carbocycles. The summed E-state index contributed by atoms with van der Waals surface area (Å²) in [5.41, 5.74) is 2.19. The first-order chi connectivity index (χ1) is 14.3. The van der Waals surface area contributed by atoms with Crippen LogP contribution in [0.2, 0.25) is 0 Å². The highest BCUT2D eigenvalue weighted by molar-refractivity contribution is 7.19. The van der Waals surface area contributed by atoms with Gasteiger partial charge in [-0.2, -0.15) is 9.61 Å². The number of benzene rings is 2. The summed E-state index contributed by atoms with van der Waals surface area (Å²) in [6.45, 7) is 2.74. The van der Waals surface area contributed by atoms with Gasteiger partial charge >= 0.3 is 0 Å². The zero-order valence-corrected chi connectivity index (χ0v) is 17.2. The lowest BCUT2D eigenvalue weighted by molar-refractivity contribution is 0.250. The van der Waals surface area contributed by atoms with Crippen LogP contribution in [0.25, 0.3) is 15.5 Å². The van der Waals surface area contributed by atoms with Crippen molar-refractivity contribution in [2.75, 3.05) is 20.1 Å². The molecule has 0 amide bonds. The summed E-state index contributed by atoms with van der Waals surface area (Å²) in [6, 6.07) is 18.3. The van der Waals surface area contributed by atoms with Gasteiger partial charge in [0.2, 0.25) is 4.96 Å². The van der Waals surface area contributed by atoms with Crippen LogP contribution in [0.1, 0.15) is 30.1 Å². The maximum atomic E-state index is 5.98. The number of ether oxygens (including phenoxy) is 1. The molecule has 0 bridgehead atoms. The monoisotopic (exact) mass is 405 g/mol. The van der Waals surface area contributed by atoms with Crippen molar-refractivity contribution in [1.29, 1.82) is 0 Å². The number of likely N-dealkylation sites (tertiary alicyclic amines) is 1. The molecule has 0 N–H and O–H groups in total. The van der Waals surface area contributed by atoms with Crippen molar-refractivity contribution in [2.45, 2.75) is 25.4 Å². The molecular weight excluding hydrogens is 382 g/mol. The van der Waals surface area contributed by atoms with Crippen LogP contribution in [0, 0.1) is 0 Å². The van der Waals surface area contributed by atoms with E-state index < -0.39 is 0 Å². The largest absolute Gasteiger partial charge is 0.489 e. The van der Waals surface area contributed by atoms with Crippen molar-refractivity contribution in [2.24, 2.45) is 0 Å². The van der Waals surface area contributed by atoms with Crippen LogP contribution >= 0.6 is 11.3 Å². The SMILES string of the molecule is CN1CCC(c2nnc3sc(-c4cccc(OCc5ccccc5)c4)nn23)CC1. The second kappa shape index (κ2) is 7.93. The van der Waals surface area contributed by atoms with E-state index in [2.05, 4.69) is 40.3 Å². The predicted octanol–water partition coefficient (Wildman–Crippen LogP) is 4.24. The standard InChI is InChI=1S/C22H23N5OS/c1-26-12-10-17(11-13-26)20-23-24-22-27(20)25-21(29-22)18-8-5-9-19(14-18)28-15-16-6-3-2-4-7-16/h2-9,14,17H,10-13,15H2,1H3. The van der Waals surface area contributed by atoms with Crippen LogP contribution in [-0.4, -0.2) is 44.8 Å². The zero-order valence-electron chi connectivity index (χ0n) is 16.4. The molecule has 1 aliphatic heterocycles. The number of aromatic nitrogens is 4. The Bertz CT molecular complexity index is 1100. The summed E-state index contributed by atoms with van der Waals surface area (Å²) in [4.78, 5) is 3.21. The third kappa shape index (κ3) is 3.88. The van der Waals surface area contributed by atoms with Crippen molar-refractivity contribution in [1.82, 2.24) is 24.7 Å². The molecule has 1 saturated heterocycles. The normalized spacial score (nSPS) is 15.8. The maximum absolute atomic E-state index is 5.98. The Hall–Kier alpha value is -2.77. The second-order valence-corrected chi connectivity index (χ2v) is 8.50. The Morgan fingerprint density at radius 2 is 1.86 bits per heavy atom. The van der Waals surface area contributed by atoms with Crippen molar-refractivity contribution in [3.05, 3.63) is 66.0 Å². The van der Waals surface area contributed by atoms with E-state index in [1.807, 2.05) is 40.9 Å². The average Bonchev–Trinajstić information content (AvgIpc) is 3.35. The minimum Gasteiger partial charge on any atom is -0.489 e. The molecule has 2 aromatic carbocycles. The molecule has 7 heteroatoms. The third-order valence-corrected chi connectivity index (χ3v) is 6.38. The Morgan fingerprint density at radius 3 is 2.69 bits per heavy atom. The van der Waals surface area contributed by atoms with Gasteiger partial charge < -0.3 is 9.64 Å². The number of nitrogens with zero attached hydrogens (tertiary/aromatic N) is 5. The first-order valence-corrected chi connectivity index (χ1v) is 10.8. The summed E-state index contributed by atoms with van der Waals surface area (Å²) in [6.07, 6.45) is 2.21. The van der Waals surface area contributed by atoms with E-state index in [0.29, 0.717) is 12.5 Å². The van der Waals surface area contributed by atoms with Crippen LogP contribution in [0.4, 0.5) is 0 Å². The van der Waals surface area contributed by atoms with Crippen molar-refractivity contribution >= 4 is 16.3 Å². The lowest BCUT2D eigenvalue weighted by atomic mass is 9.96. The number of rotatable bonds is 5. The van der Waals surface area contributed by atoms with Crippen LogP contribution in [0.3, 0.4) is 0 Å². The van der Waals surface area contributed by atoms with Gasteiger partial charge in [-0.15, -0.1) is 10.2 Å². The highest BCUT2D eigenvalue weighted by Crippen LogP contribution is 2.31. The summed E-state index contributed by atoms with van der Waals surface area (Å²) in [5.74, 6) is 2.26. The van der Waals surface area contributed by atoms with Gasteiger partial charge in [0.15, 0.2) is 5.82 Å². The van der Waals surface area contributed by atoms with Gasteiger partial charge in [0, 0.05) is 11.5 Å². The topological polar surface area (TPSA) is 55.5 Å². The van der Waals surface area contributed by atoms with Crippen LogP contribution < -0.4 is 4.74 Å². The molecule has 148 valence electrons. The molecule has 0 unspecified atom stereocenters. The van der Waals surface area contributed by atoms with Gasteiger partial charge in [-0.1, -0.05) is 53.8 Å². The number of hydrogen-bond acceptors (Lipinski definition) is 6. The highest BCUT2D eigenvalue weighted by atomic mass is 32.1. The first kappa shape index (κ1) is 18.3. The van der Waals surface area contributed by atoms with Gasteiger partial charge in [0.25, 0.3) is 0 Å². The van der Waals surface area contributed by atoms with Crippen molar-refractivity contribution in [3.63, 3.8) is 0 Å². The molecule has 1 aliphatic rings. The summed E-state index contributed by atoms with van der Waals surface area (Å²) in [7, 11) is 2.17. The second-order valence-electron chi connectivity index (χ2n) is 7.54. The Labute approximate surface area is 173 Å². The van der Waals surface area contributed by atoms with E-state index in [-0.39, 0.29) is 0 Å². The minimum atomic E-state index is 0.427. The average molecular weight is 406 g/mol. The molecule has 3 heterocycles. The molecule has 2 aromatic heterocycles. The van der Waals surface area contributed by atoms with Gasteiger partial charge in [-0.05, 0) is 50.7 Å². The fourth-order valence-electron chi connectivity index (χ4n) is 3.73. The lowest BCUT2D eigenvalue weighted by Crippen LogP contribution is -2.30. The lowest BCUT2D eigenvalue weighted by Gasteiger charge is -2.27. The minimum absolute atomic E-state index is 0.427. The summed E-state index contributed by atoms with van der Waals surface area (Å²) < 4.78 is 7.91. The molecule has 0 aliphatic carbocycles. The maximum Gasteiger partial charge on any atom is 0.234 e. The van der Waals surface area contributed by atoms with E-state index in [1.165, 1.54) is 0 Å². The Kier molecular flexibility index (Phi) is 4.99. The van der Waals surface area contributed by atoms with Gasteiger partial charge in [-0.25, -0.2) is 0 Å². The van der Waals surface area contributed by atoms with Gasteiger partial charge in [0.1, 0.15) is 17.4 Å². The molecule has 5 rings (SSSR count). The van der Waals surface area contributed by atoms with Gasteiger partial charge in [0.05, 0.1) is 0 Å². The number of hydrogen-bond donors (Lipinski definition) is 0. The highest BCUT2D eigenvalue weighted by Gasteiger charge is 2.24.